The summed E-state index contributed by atoms with van der Waals surface area (Å²) in [4.78, 5) is 10.0. The number of nitrogen functional groups attached to an aromatic ring is 1. The Labute approximate surface area is 90.3 Å². The van der Waals surface area contributed by atoms with E-state index in [1.54, 1.807) is 0 Å². The Balaban J connectivity index is 3.26. The zero-order chi connectivity index (χ0) is 12.2. The quantitative estimate of drug-likeness (QED) is 0.454. The number of halogens is 3. The summed E-state index contributed by atoms with van der Waals surface area (Å²) in [7, 11) is 0. The molecule has 0 amide bonds. The zero-order valence-corrected chi connectivity index (χ0v) is 8.14. The molecule has 0 aliphatic rings. The van der Waals surface area contributed by atoms with Gasteiger partial charge in [-0.1, -0.05) is 17.9 Å². The molecule has 0 fully saturated rings. The van der Waals surface area contributed by atoms with Crippen LogP contribution in [0.15, 0.2) is 18.2 Å². The third-order valence-electron chi connectivity index (χ3n) is 1.80. The second-order valence-electron chi connectivity index (χ2n) is 2.94. The maximum Gasteiger partial charge on any atom is 0.417 e. The predicted molar refractivity (Wildman–Crippen MR) is 53.4 cm³/mol. The zero-order valence-electron chi connectivity index (χ0n) is 8.14. The highest BCUT2D eigenvalue weighted by atomic mass is 19.4. The molecule has 0 bridgehead atoms. The van der Waals surface area contributed by atoms with Crippen molar-refractivity contribution in [3.05, 3.63) is 29.3 Å². The number of rotatable bonds is 1. The van der Waals surface area contributed by atoms with Crippen LogP contribution in [0, 0.1) is 11.8 Å². The third kappa shape index (κ3) is 2.76. The molecule has 0 atom stereocenters. The average molecular weight is 227 g/mol. The molecule has 0 saturated carbocycles. The van der Waals surface area contributed by atoms with Crippen LogP contribution in [0.1, 0.15) is 17.5 Å². The summed E-state index contributed by atoms with van der Waals surface area (Å²) in [6.45, 7) is 0. The molecule has 0 aliphatic carbocycles. The molecule has 5 heteroatoms. The van der Waals surface area contributed by atoms with Gasteiger partial charge in [-0.2, -0.15) is 13.2 Å². The number of nitrogens with two attached hydrogens (primary N) is 1. The molecule has 2 N–H and O–H groups in total. The fourth-order valence-corrected chi connectivity index (χ4v) is 1.13. The van der Waals surface area contributed by atoms with Crippen LogP contribution in [0.5, 0.6) is 0 Å². The van der Waals surface area contributed by atoms with Crippen molar-refractivity contribution in [2.24, 2.45) is 0 Å². The van der Waals surface area contributed by atoms with Crippen LogP contribution in [0.25, 0.3) is 0 Å². The normalized spacial score (nSPS) is 10.4. The summed E-state index contributed by atoms with van der Waals surface area (Å²) in [5.74, 6) is 4.57. The summed E-state index contributed by atoms with van der Waals surface area (Å²) in [5, 5.41) is 0. The minimum Gasteiger partial charge on any atom is -0.398 e. The third-order valence-corrected chi connectivity index (χ3v) is 1.80. The van der Waals surface area contributed by atoms with Crippen molar-refractivity contribution in [3.63, 3.8) is 0 Å². The molecule has 0 spiro atoms. The van der Waals surface area contributed by atoms with Crippen molar-refractivity contribution < 1.29 is 18.0 Å². The Bertz CT molecular complexity index is 455. The Morgan fingerprint density at radius 3 is 2.62 bits per heavy atom. The van der Waals surface area contributed by atoms with Crippen LogP contribution in [-0.2, 0) is 11.0 Å². The lowest BCUT2D eigenvalue weighted by atomic mass is 10.1. The minimum absolute atomic E-state index is 0.0479. The van der Waals surface area contributed by atoms with Crippen LogP contribution < -0.4 is 5.73 Å². The van der Waals surface area contributed by atoms with Gasteiger partial charge in [0.1, 0.15) is 6.29 Å². The maximum atomic E-state index is 12.5. The minimum atomic E-state index is -4.50. The lowest BCUT2D eigenvalue weighted by molar-refractivity contribution is -0.137. The van der Waals surface area contributed by atoms with Crippen molar-refractivity contribution in [3.8, 4) is 11.8 Å². The molecular formula is C11H8F3NO. The molecule has 0 radical (unpaired) electrons. The standard InChI is InChI=1S/C11H8F3NO/c12-11(13,14)9-5-3-6-10(15)8(9)4-1-2-7-16/h3,5-7H,2,15H2. The smallest absolute Gasteiger partial charge is 0.398 e. The highest BCUT2D eigenvalue weighted by Gasteiger charge is 2.33. The van der Waals surface area contributed by atoms with E-state index in [1.165, 1.54) is 12.1 Å². The summed E-state index contributed by atoms with van der Waals surface area (Å²) in [5.41, 5.74) is 4.20. The van der Waals surface area contributed by atoms with Gasteiger partial charge in [0, 0.05) is 5.69 Å². The molecule has 0 saturated heterocycles. The molecule has 1 aromatic carbocycles. The van der Waals surface area contributed by atoms with Gasteiger partial charge >= 0.3 is 6.18 Å². The van der Waals surface area contributed by atoms with Crippen molar-refractivity contribution >= 4 is 12.0 Å². The molecule has 84 valence electrons. The lowest BCUT2D eigenvalue weighted by Crippen LogP contribution is -2.09. The number of anilines is 1. The number of aldehydes is 1. The molecule has 0 heterocycles. The molecular weight excluding hydrogens is 219 g/mol. The number of hydrogen-bond donors (Lipinski definition) is 1. The highest BCUT2D eigenvalue weighted by Crippen LogP contribution is 2.33. The fourth-order valence-electron chi connectivity index (χ4n) is 1.13. The van der Waals surface area contributed by atoms with Crippen LogP contribution in [0.4, 0.5) is 18.9 Å². The van der Waals surface area contributed by atoms with E-state index in [2.05, 4.69) is 11.8 Å². The predicted octanol–water partition coefficient (Wildman–Crippen LogP) is 2.23. The SMILES string of the molecule is Nc1cccc(C(F)(F)F)c1C#CCC=O. The largest absolute Gasteiger partial charge is 0.417 e. The second kappa shape index (κ2) is 4.71. The fraction of sp³-hybridized carbons (Fsp3) is 0.182. The molecule has 16 heavy (non-hydrogen) atoms. The van der Waals surface area contributed by atoms with Gasteiger partial charge in [-0.25, -0.2) is 0 Å². The lowest BCUT2D eigenvalue weighted by Gasteiger charge is -2.10. The van der Waals surface area contributed by atoms with E-state index in [0.717, 1.165) is 6.07 Å². The van der Waals surface area contributed by atoms with Crippen molar-refractivity contribution in [1.82, 2.24) is 0 Å². The number of hydrogen-bond acceptors (Lipinski definition) is 2. The summed E-state index contributed by atoms with van der Waals surface area (Å²) in [6, 6.07) is 3.45. The van der Waals surface area contributed by atoms with E-state index in [-0.39, 0.29) is 17.7 Å². The second-order valence-corrected chi connectivity index (χ2v) is 2.94. The summed E-state index contributed by atoms with van der Waals surface area (Å²) >= 11 is 0. The van der Waals surface area contributed by atoms with Crippen LogP contribution >= 0.6 is 0 Å². The molecule has 0 aromatic heterocycles. The van der Waals surface area contributed by atoms with Crippen LogP contribution in [0.2, 0.25) is 0 Å². The van der Waals surface area contributed by atoms with Gasteiger partial charge in [-0.15, -0.1) is 0 Å². The highest BCUT2D eigenvalue weighted by molar-refractivity contribution is 5.62. The Hall–Kier alpha value is -1.96. The maximum absolute atomic E-state index is 12.5. The van der Waals surface area contributed by atoms with Gasteiger partial charge in [-0.05, 0) is 12.1 Å². The van der Waals surface area contributed by atoms with E-state index in [1.807, 2.05) is 0 Å². The average Bonchev–Trinajstić information content (AvgIpc) is 2.19. The Morgan fingerprint density at radius 2 is 2.06 bits per heavy atom. The number of carbonyl (C=O) groups excluding carboxylic acids is 1. The molecule has 0 aliphatic heterocycles. The molecule has 1 aromatic rings. The van der Waals surface area contributed by atoms with E-state index >= 15 is 0 Å². The first-order valence-corrected chi connectivity index (χ1v) is 4.35. The topological polar surface area (TPSA) is 43.1 Å². The first-order chi connectivity index (χ1) is 7.46. The van der Waals surface area contributed by atoms with Gasteiger partial charge in [0.05, 0.1) is 17.5 Å². The van der Waals surface area contributed by atoms with Crippen molar-refractivity contribution in [2.45, 2.75) is 12.6 Å². The monoisotopic (exact) mass is 227 g/mol. The van der Waals surface area contributed by atoms with Gasteiger partial charge in [0.15, 0.2) is 0 Å². The van der Waals surface area contributed by atoms with Gasteiger partial charge in [0.25, 0.3) is 0 Å². The number of carbonyl (C=O) groups is 1. The number of alkyl halides is 3. The van der Waals surface area contributed by atoms with Gasteiger partial charge in [-0.3, -0.25) is 0 Å². The van der Waals surface area contributed by atoms with Crippen LogP contribution in [0.3, 0.4) is 0 Å². The first kappa shape index (κ1) is 12.1. The summed E-state index contributed by atoms with van der Waals surface area (Å²) in [6.07, 6.45) is -4.11. The van der Waals surface area contributed by atoms with Crippen LogP contribution in [-0.4, -0.2) is 6.29 Å². The number of benzene rings is 1. The molecule has 1 rings (SSSR count). The van der Waals surface area contributed by atoms with E-state index in [9.17, 15) is 18.0 Å². The Kier molecular flexibility index (Phi) is 3.56. The van der Waals surface area contributed by atoms with E-state index in [4.69, 9.17) is 5.73 Å². The summed E-state index contributed by atoms with van der Waals surface area (Å²) < 4.78 is 37.6. The van der Waals surface area contributed by atoms with E-state index < -0.39 is 11.7 Å². The first-order valence-electron chi connectivity index (χ1n) is 4.35. The molecule has 0 unspecified atom stereocenters. The van der Waals surface area contributed by atoms with Gasteiger partial charge in [0.2, 0.25) is 0 Å². The molecule has 2 nitrogen and oxygen atoms in total. The van der Waals surface area contributed by atoms with Crippen molar-refractivity contribution in [1.29, 1.82) is 0 Å². The van der Waals surface area contributed by atoms with Gasteiger partial charge < -0.3 is 10.5 Å². The van der Waals surface area contributed by atoms with E-state index in [0.29, 0.717) is 6.29 Å². The van der Waals surface area contributed by atoms with Crippen molar-refractivity contribution in [2.75, 3.05) is 5.73 Å². The Morgan fingerprint density at radius 1 is 1.38 bits per heavy atom.